The van der Waals surface area contributed by atoms with Crippen LogP contribution < -0.4 is 4.74 Å². The second-order valence-corrected chi connectivity index (χ2v) is 6.55. The van der Waals surface area contributed by atoms with Gasteiger partial charge in [0.05, 0.1) is 6.61 Å². The monoisotopic (exact) mass is 390 g/mol. The lowest BCUT2D eigenvalue weighted by atomic mass is 10.2. The molecule has 7 heteroatoms. The van der Waals surface area contributed by atoms with E-state index in [1.54, 1.807) is 16.4 Å². The molecule has 0 aliphatic carbocycles. The van der Waals surface area contributed by atoms with Gasteiger partial charge >= 0.3 is 0 Å². The van der Waals surface area contributed by atoms with E-state index in [1.807, 2.05) is 43.3 Å². The summed E-state index contributed by atoms with van der Waals surface area (Å²) < 4.78 is 8.44. The molecule has 0 saturated carbocycles. The molecule has 0 radical (unpaired) electrons. The Morgan fingerprint density at radius 2 is 2.04 bits per heavy atom. The van der Waals surface area contributed by atoms with E-state index in [1.165, 1.54) is 5.56 Å². The van der Waals surface area contributed by atoms with Crippen LogP contribution in [-0.4, -0.2) is 26.8 Å². The summed E-state index contributed by atoms with van der Waals surface area (Å²) in [6, 6.07) is 16.0. The number of ether oxygens (including phenoxy) is 1. The molecular formula is C16H15BrN4OS. The molecule has 118 valence electrons. The SMILES string of the molecule is CCOc1ccccc1-n1nnnc1SCc1cccc(Br)c1. The van der Waals surface area contributed by atoms with E-state index >= 15 is 0 Å². The molecule has 1 heterocycles. The first-order valence-corrected chi connectivity index (χ1v) is 8.93. The van der Waals surface area contributed by atoms with Gasteiger partial charge in [-0.05, 0) is 47.2 Å². The van der Waals surface area contributed by atoms with Crippen LogP contribution in [0.5, 0.6) is 5.75 Å². The van der Waals surface area contributed by atoms with Crippen molar-refractivity contribution in [3.8, 4) is 11.4 Å². The number of aromatic nitrogens is 4. The fourth-order valence-corrected chi connectivity index (χ4v) is 3.38. The quantitative estimate of drug-likeness (QED) is 0.592. The van der Waals surface area contributed by atoms with Crippen LogP contribution in [0.2, 0.25) is 0 Å². The number of hydrogen-bond donors (Lipinski definition) is 0. The van der Waals surface area contributed by atoms with Crippen LogP contribution in [0, 0.1) is 0 Å². The Hall–Kier alpha value is -1.86. The van der Waals surface area contributed by atoms with Crippen molar-refractivity contribution in [1.82, 2.24) is 20.2 Å². The first-order valence-electron chi connectivity index (χ1n) is 7.15. The Labute approximate surface area is 147 Å². The topological polar surface area (TPSA) is 52.8 Å². The third-order valence-corrected chi connectivity index (χ3v) is 4.57. The zero-order valence-electron chi connectivity index (χ0n) is 12.5. The molecule has 0 saturated heterocycles. The van der Waals surface area contributed by atoms with Crippen LogP contribution >= 0.6 is 27.7 Å². The highest BCUT2D eigenvalue weighted by atomic mass is 79.9. The summed E-state index contributed by atoms with van der Waals surface area (Å²) in [7, 11) is 0. The van der Waals surface area contributed by atoms with Crippen LogP contribution in [0.3, 0.4) is 0 Å². The summed E-state index contributed by atoms with van der Waals surface area (Å²) in [5, 5.41) is 12.8. The lowest BCUT2D eigenvalue weighted by molar-refractivity contribution is 0.337. The zero-order valence-corrected chi connectivity index (χ0v) is 14.9. The normalized spacial score (nSPS) is 10.7. The average molecular weight is 391 g/mol. The van der Waals surface area contributed by atoms with Crippen LogP contribution in [-0.2, 0) is 5.75 Å². The van der Waals surface area contributed by atoms with Gasteiger partial charge in [-0.15, -0.1) is 5.10 Å². The molecule has 5 nitrogen and oxygen atoms in total. The van der Waals surface area contributed by atoms with Crippen molar-refractivity contribution in [2.75, 3.05) is 6.61 Å². The Morgan fingerprint density at radius 3 is 2.87 bits per heavy atom. The Balaban J connectivity index is 1.83. The molecule has 0 N–H and O–H groups in total. The van der Waals surface area contributed by atoms with E-state index in [0.29, 0.717) is 6.61 Å². The third-order valence-electron chi connectivity index (χ3n) is 3.09. The van der Waals surface area contributed by atoms with Gasteiger partial charge in [-0.2, -0.15) is 4.68 Å². The number of halogens is 1. The number of nitrogens with zero attached hydrogens (tertiary/aromatic N) is 4. The van der Waals surface area contributed by atoms with Crippen molar-refractivity contribution in [3.63, 3.8) is 0 Å². The first kappa shape index (κ1) is 16.0. The summed E-state index contributed by atoms with van der Waals surface area (Å²) in [5.74, 6) is 1.56. The number of rotatable bonds is 6. The highest BCUT2D eigenvalue weighted by Crippen LogP contribution is 2.28. The van der Waals surface area contributed by atoms with Crippen LogP contribution in [0.1, 0.15) is 12.5 Å². The number of para-hydroxylation sites is 2. The summed E-state index contributed by atoms with van der Waals surface area (Å²) in [4.78, 5) is 0. The maximum atomic E-state index is 5.66. The molecule has 0 atom stereocenters. The van der Waals surface area contributed by atoms with E-state index < -0.39 is 0 Å². The number of thioether (sulfide) groups is 1. The summed E-state index contributed by atoms with van der Waals surface area (Å²) in [6.07, 6.45) is 0. The van der Waals surface area contributed by atoms with Gasteiger partial charge < -0.3 is 4.74 Å². The molecule has 0 spiro atoms. The van der Waals surface area contributed by atoms with Gasteiger partial charge in [0.2, 0.25) is 5.16 Å². The molecule has 3 aromatic rings. The van der Waals surface area contributed by atoms with E-state index in [9.17, 15) is 0 Å². The molecule has 2 aromatic carbocycles. The number of benzene rings is 2. The molecule has 0 unspecified atom stereocenters. The van der Waals surface area contributed by atoms with Gasteiger partial charge in [-0.3, -0.25) is 0 Å². The number of hydrogen-bond acceptors (Lipinski definition) is 5. The van der Waals surface area contributed by atoms with Crippen molar-refractivity contribution in [2.24, 2.45) is 0 Å². The van der Waals surface area contributed by atoms with E-state index in [0.717, 1.165) is 26.8 Å². The minimum absolute atomic E-state index is 0.597. The standard InChI is InChI=1S/C16H15BrN4OS/c1-2-22-15-9-4-3-8-14(15)21-16(18-19-20-21)23-11-12-6-5-7-13(17)10-12/h3-10H,2,11H2,1H3. The van der Waals surface area contributed by atoms with Gasteiger partial charge in [0.25, 0.3) is 0 Å². The van der Waals surface area contributed by atoms with Crippen LogP contribution in [0.4, 0.5) is 0 Å². The predicted molar refractivity (Wildman–Crippen MR) is 94.0 cm³/mol. The van der Waals surface area contributed by atoms with Crippen molar-refractivity contribution >= 4 is 27.7 Å². The maximum Gasteiger partial charge on any atom is 0.214 e. The van der Waals surface area contributed by atoms with Crippen LogP contribution in [0.25, 0.3) is 5.69 Å². The van der Waals surface area contributed by atoms with Crippen LogP contribution in [0.15, 0.2) is 58.2 Å². The summed E-state index contributed by atoms with van der Waals surface area (Å²) >= 11 is 5.08. The molecule has 0 aliphatic rings. The van der Waals surface area contributed by atoms with Gasteiger partial charge in [-0.1, -0.05) is 52.0 Å². The maximum absolute atomic E-state index is 5.66. The molecule has 23 heavy (non-hydrogen) atoms. The average Bonchev–Trinajstić information content (AvgIpc) is 3.02. The highest BCUT2D eigenvalue weighted by molar-refractivity contribution is 9.10. The molecule has 0 bridgehead atoms. The fraction of sp³-hybridized carbons (Fsp3) is 0.188. The zero-order chi connectivity index (χ0) is 16.1. The molecule has 3 rings (SSSR count). The Bertz CT molecular complexity index is 793. The smallest absolute Gasteiger partial charge is 0.214 e. The van der Waals surface area contributed by atoms with E-state index in [2.05, 4.69) is 43.6 Å². The van der Waals surface area contributed by atoms with E-state index in [-0.39, 0.29) is 0 Å². The van der Waals surface area contributed by atoms with Gasteiger partial charge in [-0.25, -0.2) is 0 Å². The van der Waals surface area contributed by atoms with E-state index in [4.69, 9.17) is 4.74 Å². The third kappa shape index (κ3) is 3.92. The lowest BCUT2D eigenvalue weighted by Crippen LogP contribution is -2.03. The molecule has 0 fully saturated rings. The molecular weight excluding hydrogens is 376 g/mol. The Morgan fingerprint density at radius 1 is 1.17 bits per heavy atom. The number of tetrazole rings is 1. The molecule has 0 aliphatic heterocycles. The van der Waals surface area contributed by atoms with Gasteiger partial charge in [0.15, 0.2) is 0 Å². The second-order valence-electron chi connectivity index (χ2n) is 4.69. The minimum atomic E-state index is 0.597. The largest absolute Gasteiger partial charge is 0.492 e. The minimum Gasteiger partial charge on any atom is -0.492 e. The van der Waals surface area contributed by atoms with Crippen molar-refractivity contribution in [3.05, 3.63) is 58.6 Å². The highest BCUT2D eigenvalue weighted by Gasteiger charge is 2.13. The first-order chi connectivity index (χ1) is 11.3. The Kier molecular flexibility index (Phi) is 5.30. The van der Waals surface area contributed by atoms with Crippen molar-refractivity contribution in [1.29, 1.82) is 0 Å². The van der Waals surface area contributed by atoms with Crippen molar-refractivity contribution in [2.45, 2.75) is 17.8 Å². The molecule has 1 aromatic heterocycles. The van der Waals surface area contributed by atoms with Gasteiger partial charge in [0.1, 0.15) is 11.4 Å². The fourth-order valence-electron chi connectivity index (χ4n) is 2.10. The molecule has 0 amide bonds. The lowest BCUT2D eigenvalue weighted by Gasteiger charge is -2.10. The second kappa shape index (κ2) is 7.61. The summed E-state index contributed by atoms with van der Waals surface area (Å²) in [5.41, 5.74) is 2.05. The predicted octanol–water partition coefficient (Wildman–Crippen LogP) is 4.12. The summed E-state index contributed by atoms with van der Waals surface area (Å²) in [6.45, 7) is 2.55. The van der Waals surface area contributed by atoms with Crippen molar-refractivity contribution < 1.29 is 4.74 Å². The van der Waals surface area contributed by atoms with Gasteiger partial charge in [0, 0.05) is 10.2 Å².